The molecule has 0 saturated carbocycles. The van der Waals surface area contributed by atoms with Crippen LogP contribution in [0.3, 0.4) is 0 Å². The Balaban J connectivity index is 1.55. The molecule has 0 aliphatic heterocycles. The van der Waals surface area contributed by atoms with E-state index in [1.807, 2.05) is 48.7 Å². The molecule has 0 aliphatic carbocycles. The number of aryl methyl sites for hydroxylation is 1. The molecule has 1 aromatic heterocycles. The third kappa shape index (κ3) is 5.54. The zero-order chi connectivity index (χ0) is 19.8. The number of rotatable bonds is 8. The van der Waals surface area contributed by atoms with Crippen LogP contribution in [-0.2, 0) is 4.79 Å². The minimum atomic E-state index is -0.185. The number of benzene rings is 2. The summed E-state index contributed by atoms with van der Waals surface area (Å²) in [6.07, 6.45) is 0.957. The summed E-state index contributed by atoms with van der Waals surface area (Å²) in [6, 6.07) is 21.6. The molecule has 1 atom stereocenters. The molecule has 0 bridgehead atoms. The topological polar surface area (TPSA) is 58.2 Å². The predicted octanol–water partition coefficient (Wildman–Crippen LogP) is 4.47. The highest BCUT2D eigenvalue weighted by Crippen LogP contribution is 2.22. The Labute approximate surface area is 169 Å². The first-order valence-electron chi connectivity index (χ1n) is 9.36. The molecule has 0 radical (unpaired) electrons. The molecule has 1 unspecified atom stereocenters. The number of hydrogen-bond donors (Lipinski definition) is 2. The summed E-state index contributed by atoms with van der Waals surface area (Å²) in [5, 5.41) is 7.86. The summed E-state index contributed by atoms with van der Waals surface area (Å²) >= 11 is 1.41. The monoisotopic (exact) mass is 392 g/mol. The minimum Gasteiger partial charge on any atom is -0.351 e. The lowest BCUT2D eigenvalue weighted by Gasteiger charge is -2.20. The van der Waals surface area contributed by atoms with E-state index in [4.69, 9.17) is 0 Å². The molecule has 28 heavy (non-hydrogen) atoms. The number of carbonyl (C=O) groups excluding carboxylic acids is 2. The highest BCUT2D eigenvalue weighted by Gasteiger charge is 2.16. The Morgan fingerprint density at radius 2 is 1.64 bits per heavy atom. The lowest BCUT2D eigenvalue weighted by atomic mass is 9.97. The summed E-state index contributed by atoms with van der Waals surface area (Å²) in [6.45, 7) is 2.52. The van der Waals surface area contributed by atoms with Crippen LogP contribution in [0.5, 0.6) is 0 Å². The van der Waals surface area contributed by atoms with E-state index in [0.717, 1.165) is 11.1 Å². The molecule has 4 nitrogen and oxygen atoms in total. The van der Waals surface area contributed by atoms with Gasteiger partial charge in [0.2, 0.25) is 5.91 Å². The van der Waals surface area contributed by atoms with Crippen LogP contribution >= 0.6 is 11.3 Å². The predicted molar refractivity (Wildman–Crippen MR) is 113 cm³/mol. The van der Waals surface area contributed by atoms with Gasteiger partial charge in [-0.1, -0.05) is 66.2 Å². The molecule has 2 amide bonds. The Kier molecular flexibility index (Phi) is 6.98. The van der Waals surface area contributed by atoms with Gasteiger partial charge in [-0.25, -0.2) is 0 Å². The lowest BCUT2D eigenvalue weighted by Crippen LogP contribution is -2.30. The molecule has 0 saturated heterocycles. The molecule has 3 aromatic rings. The van der Waals surface area contributed by atoms with Gasteiger partial charge in [0.05, 0.1) is 10.9 Å². The first-order valence-corrected chi connectivity index (χ1v) is 10.2. The van der Waals surface area contributed by atoms with Gasteiger partial charge in [-0.2, -0.15) is 0 Å². The van der Waals surface area contributed by atoms with Crippen LogP contribution < -0.4 is 10.6 Å². The zero-order valence-electron chi connectivity index (χ0n) is 15.9. The van der Waals surface area contributed by atoms with Gasteiger partial charge in [-0.05, 0) is 35.9 Å². The molecular weight excluding hydrogens is 368 g/mol. The fraction of sp³-hybridized carbons (Fsp3) is 0.217. The minimum absolute atomic E-state index is 0.0280. The Hall–Kier alpha value is -2.92. The van der Waals surface area contributed by atoms with Crippen molar-refractivity contribution in [2.75, 3.05) is 6.54 Å². The highest BCUT2D eigenvalue weighted by atomic mass is 32.1. The first-order chi connectivity index (χ1) is 13.6. The van der Waals surface area contributed by atoms with Crippen LogP contribution in [0.25, 0.3) is 0 Å². The first kappa shape index (κ1) is 19.8. The fourth-order valence-corrected chi connectivity index (χ4v) is 3.58. The second-order valence-corrected chi connectivity index (χ2v) is 7.61. The number of hydrogen-bond acceptors (Lipinski definition) is 3. The van der Waals surface area contributed by atoms with Crippen molar-refractivity contribution in [1.29, 1.82) is 0 Å². The molecule has 0 fully saturated rings. The van der Waals surface area contributed by atoms with E-state index in [2.05, 4.69) is 34.9 Å². The largest absolute Gasteiger partial charge is 0.351 e. The Bertz CT molecular complexity index is 890. The molecule has 144 valence electrons. The van der Waals surface area contributed by atoms with Crippen molar-refractivity contribution in [3.05, 3.63) is 93.7 Å². The van der Waals surface area contributed by atoms with Gasteiger partial charge in [0, 0.05) is 13.0 Å². The maximum absolute atomic E-state index is 12.5. The van der Waals surface area contributed by atoms with Gasteiger partial charge < -0.3 is 10.6 Å². The summed E-state index contributed by atoms with van der Waals surface area (Å²) in [5.74, 6) is -0.114. The summed E-state index contributed by atoms with van der Waals surface area (Å²) < 4.78 is 0. The summed E-state index contributed by atoms with van der Waals surface area (Å²) in [4.78, 5) is 25.1. The third-order valence-electron chi connectivity index (χ3n) is 4.46. The smallest absolute Gasteiger partial charge is 0.261 e. The summed E-state index contributed by atoms with van der Waals surface area (Å²) in [5.41, 5.74) is 3.28. The fourth-order valence-electron chi connectivity index (χ4n) is 2.94. The van der Waals surface area contributed by atoms with Crippen molar-refractivity contribution in [2.45, 2.75) is 25.8 Å². The van der Waals surface area contributed by atoms with Crippen LogP contribution in [0, 0.1) is 6.92 Å². The van der Waals surface area contributed by atoms with Gasteiger partial charge in [0.15, 0.2) is 0 Å². The summed E-state index contributed by atoms with van der Waals surface area (Å²) in [7, 11) is 0. The lowest BCUT2D eigenvalue weighted by molar-refractivity contribution is -0.121. The van der Waals surface area contributed by atoms with E-state index in [-0.39, 0.29) is 17.9 Å². The average Bonchev–Trinajstić information content (AvgIpc) is 3.26. The van der Waals surface area contributed by atoms with Crippen LogP contribution in [0.1, 0.15) is 45.2 Å². The van der Waals surface area contributed by atoms with Crippen LogP contribution in [0.4, 0.5) is 0 Å². The van der Waals surface area contributed by atoms with Crippen molar-refractivity contribution in [3.63, 3.8) is 0 Å². The maximum atomic E-state index is 12.5. The molecule has 3 rings (SSSR count). The van der Waals surface area contributed by atoms with Crippen LogP contribution in [-0.4, -0.2) is 18.4 Å². The molecule has 5 heteroatoms. The van der Waals surface area contributed by atoms with Crippen LogP contribution in [0.15, 0.2) is 72.1 Å². The van der Waals surface area contributed by atoms with Gasteiger partial charge in [0.1, 0.15) is 0 Å². The van der Waals surface area contributed by atoms with E-state index in [0.29, 0.717) is 24.3 Å². The van der Waals surface area contributed by atoms with Crippen molar-refractivity contribution >= 4 is 23.2 Å². The Morgan fingerprint density at radius 1 is 0.929 bits per heavy atom. The molecule has 1 heterocycles. The molecular formula is C23H24N2O2S. The maximum Gasteiger partial charge on any atom is 0.261 e. The number of carbonyl (C=O) groups is 2. The number of amides is 2. The number of nitrogens with one attached hydrogen (secondary N) is 2. The molecule has 2 aromatic carbocycles. The molecule has 0 spiro atoms. The third-order valence-corrected chi connectivity index (χ3v) is 5.33. The van der Waals surface area contributed by atoms with E-state index < -0.39 is 0 Å². The van der Waals surface area contributed by atoms with E-state index >= 15 is 0 Å². The van der Waals surface area contributed by atoms with Crippen molar-refractivity contribution in [1.82, 2.24) is 10.6 Å². The van der Waals surface area contributed by atoms with Gasteiger partial charge >= 0.3 is 0 Å². The zero-order valence-corrected chi connectivity index (χ0v) is 16.7. The van der Waals surface area contributed by atoms with Crippen LogP contribution in [0.2, 0.25) is 0 Å². The second kappa shape index (κ2) is 9.85. The van der Waals surface area contributed by atoms with E-state index in [9.17, 15) is 9.59 Å². The standard InChI is InChI=1S/C23H24N2O2S/c1-17-11-13-19(14-12-17)22(18-7-3-2-4-8-18)25-21(26)10-5-15-24-23(27)20-9-6-16-28-20/h2-4,6-9,11-14,16,22H,5,10,15H2,1H3,(H,24,27)(H,25,26). The van der Waals surface area contributed by atoms with E-state index in [1.54, 1.807) is 6.07 Å². The van der Waals surface area contributed by atoms with Crippen molar-refractivity contribution in [2.24, 2.45) is 0 Å². The van der Waals surface area contributed by atoms with Gasteiger partial charge in [-0.3, -0.25) is 9.59 Å². The van der Waals surface area contributed by atoms with Crippen molar-refractivity contribution < 1.29 is 9.59 Å². The second-order valence-electron chi connectivity index (χ2n) is 6.66. The number of thiophene rings is 1. The van der Waals surface area contributed by atoms with E-state index in [1.165, 1.54) is 16.9 Å². The molecule has 0 aliphatic rings. The Morgan fingerprint density at radius 3 is 2.32 bits per heavy atom. The molecule has 2 N–H and O–H groups in total. The average molecular weight is 393 g/mol. The highest BCUT2D eigenvalue weighted by molar-refractivity contribution is 7.12. The van der Waals surface area contributed by atoms with Gasteiger partial charge in [0.25, 0.3) is 5.91 Å². The van der Waals surface area contributed by atoms with Gasteiger partial charge in [-0.15, -0.1) is 11.3 Å². The van der Waals surface area contributed by atoms with Crippen molar-refractivity contribution in [3.8, 4) is 0 Å². The normalized spacial score (nSPS) is 11.6. The SMILES string of the molecule is Cc1ccc(C(NC(=O)CCCNC(=O)c2cccs2)c2ccccc2)cc1. The quantitative estimate of drug-likeness (QED) is 0.556.